The highest BCUT2D eigenvalue weighted by atomic mass is 79.9. The Kier molecular flexibility index (Phi) is 3.92. The normalized spacial score (nSPS) is 12.4. The molecule has 0 aliphatic rings. The molecule has 18 heavy (non-hydrogen) atoms. The Morgan fingerprint density at radius 1 is 1.44 bits per heavy atom. The SMILES string of the molecule is CC(c1cccs1)N(C)c1cc(F)c(Br)cc1N. The van der Waals surface area contributed by atoms with Crippen molar-refractivity contribution in [2.45, 2.75) is 13.0 Å². The highest BCUT2D eigenvalue weighted by Gasteiger charge is 2.17. The van der Waals surface area contributed by atoms with E-state index in [0.29, 0.717) is 15.8 Å². The second-order valence-corrected chi connectivity index (χ2v) is 5.96. The maximum Gasteiger partial charge on any atom is 0.139 e. The van der Waals surface area contributed by atoms with Crippen molar-refractivity contribution in [1.82, 2.24) is 0 Å². The van der Waals surface area contributed by atoms with Gasteiger partial charge >= 0.3 is 0 Å². The van der Waals surface area contributed by atoms with Crippen LogP contribution in [0.3, 0.4) is 0 Å². The van der Waals surface area contributed by atoms with Crippen molar-refractivity contribution in [2.75, 3.05) is 17.7 Å². The molecule has 1 aromatic heterocycles. The quantitative estimate of drug-likeness (QED) is 0.844. The van der Waals surface area contributed by atoms with Crippen molar-refractivity contribution in [3.8, 4) is 0 Å². The van der Waals surface area contributed by atoms with Crippen molar-refractivity contribution >= 4 is 38.6 Å². The number of halogens is 2. The Bertz CT molecular complexity index is 542. The average molecular weight is 329 g/mol. The molecule has 0 aliphatic heterocycles. The van der Waals surface area contributed by atoms with Gasteiger partial charge in [-0.2, -0.15) is 0 Å². The molecule has 2 rings (SSSR count). The molecule has 0 saturated carbocycles. The number of anilines is 2. The van der Waals surface area contributed by atoms with Gasteiger partial charge in [-0.1, -0.05) is 6.07 Å². The van der Waals surface area contributed by atoms with Gasteiger partial charge in [-0.15, -0.1) is 11.3 Å². The number of nitrogens with two attached hydrogens (primary N) is 1. The zero-order valence-corrected chi connectivity index (χ0v) is 12.6. The van der Waals surface area contributed by atoms with Crippen LogP contribution in [0.15, 0.2) is 34.1 Å². The number of hydrogen-bond donors (Lipinski definition) is 1. The van der Waals surface area contributed by atoms with E-state index in [1.54, 1.807) is 17.4 Å². The van der Waals surface area contributed by atoms with Crippen LogP contribution in [0.1, 0.15) is 17.8 Å². The molecule has 1 atom stereocenters. The van der Waals surface area contributed by atoms with Gasteiger partial charge in [0, 0.05) is 18.0 Å². The molecule has 96 valence electrons. The smallest absolute Gasteiger partial charge is 0.139 e. The molecule has 0 radical (unpaired) electrons. The first-order chi connectivity index (χ1) is 8.50. The van der Waals surface area contributed by atoms with Crippen molar-refractivity contribution in [3.63, 3.8) is 0 Å². The van der Waals surface area contributed by atoms with E-state index in [2.05, 4.69) is 28.9 Å². The lowest BCUT2D eigenvalue weighted by Gasteiger charge is -2.27. The molecule has 1 heterocycles. The van der Waals surface area contributed by atoms with E-state index >= 15 is 0 Å². The molecule has 0 amide bonds. The molecule has 1 unspecified atom stereocenters. The van der Waals surface area contributed by atoms with Crippen LogP contribution in [0, 0.1) is 5.82 Å². The monoisotopic (exact) mass is 328 g/mol. The van der Waals surface area contributed by atoms with Crippen molar-refractivity contribution in [2.24, 2.45) is 0 Å². The number of benzene rings is 1. The Morgan fingerprint density at radius 3 is 2.78 bits per heavy atom. The van der Waals surface area contributed by atoms with Crippen molar-refractivity contribution < 1.29 is 4.39 Å². The first kappa shape index (κ1) is 13.4. The summed E-state index contributed by atoms with van der Waals surface area (Å²) in [4.78, 5) is 3.21. The van der Waals surface area contributed by atoms with Crippen LogP contribution < -0.4 is 10.6 Å². The minimum atomic E-state index is -0.301. The number of nitrogens with zero attached hydrogens (tertiary/aromatic N) is 1. The fourth-order valence-electron chi connectivity index (χ4n) is 1.79. The summed E-state index contributed by atoms with van der Waals surface area (Å²) in [5.41, 5.74) is 7.22. The van der Waals surface area contributed by atoms with E-state index in [-0.39, 0.29) is 11.9 Å². The standard InChI is InChI=1S/C13H14BrFN2S/c1-8(13-4-3-5-18-13)17(2)12-7-10(15)9(14)6-11(12)16/h3-8H,16H2,1-2H3. The summed E-state index contributed by atoms with van der Waals surface area (Å²) < 4.78 is 14.0. The van der Waals surface area contributed by atoms with Crippen molar-refractivity contribution in [1.29, 1.82) is 0 Å². The van der Waals surface area contributed by atoms with Crippen LogP contribution in [0.5, 0.6) is 0 Å². The molecule has 2 aromatic rings. The maximum absolute atomic E-state index is 13.6. The number of nitrogen functional groups attached to an aromatic ring is 1. The number of hydrogen-bond acceptors (Lipinski definition) is 3. The van der Waals surface area contributed by atoms with Gasteiger partial charge in [0.1, 0.15) is 5.82 Å². The van der Waals surface area contributed by atoms with E-state index in [4.69, 9.17) is 5.73 Å². The van der Waals surface area contributed by atoms with Gasteiger partial charge in [0.15, 0.2) is 0 Å². The second-order valence-electron chi connectivity index (χ2n) is 4.13. The predicted octanol–water partition coefficient (Wildman–Crippen LogP) is 4.43. The van der Waals surface area contributed by atoms with Crippen LogP contribution in [0.2, 0.25) is 0 Å². The third kappa shape index (κ3) is 2.52. The third-order valence-electron chi connectivity index (χ3n) is 2.99. The lowest BCUT2D eigenvalue weighted by atomic mass is 10.2. The molecule has 0 saturated heterocycles. The van der Waals surface area contributed by atoms with Gasteiger partial charge in [0.25, 0.3) is 0 Å². The van der Waals surface area contributed by atoms with Crippen LogP contribution in [0.25, 0.3) is 0 Å². The first-order valence-electron chi connectivity index (χ1n) is 5.51. The molecule has 5 heteroatoms. The Balaban J connectivity index is 2.34. The summed E-state index contributed by atoms with van der Waals surface area (Å²) in [5, 5.41) is 2.03. The summed E-state index contributed by atoms with van der Waals surface area (Å²) in [7, 11) is 1.92. The van der Waals surface area contributed by atoms with Gasteiger partial charge in [-0.3, -0.25) is 0 Å². The zero-order chi connectivity index (χ0) is 13.3. The molecule has 0 spiro atoms. The summed E-state index contributed by atoms with van der Waals surface area (Å²) >= 11 is 4.82. The van der Waals surface area contributed by atoms with Gasteiger partial charge < -0.3 is 10.6 Å². The Labute approximate surface area is 118 Å². The Hall–Kier alpha value is -1.07. The molecule has 0 aliphatic carbocycles. The second kappa shape index (κ2) is 5.28. The Morgan fingerprint density at radius 2 is 2.17 bits per heavy atom. The summed E-state index contributed by atoms with van der Waals surface area (Å²) in [5.74, 6) is -0.301. The van der Waals surface area contributed by atoms with Crippen LogP contribution in [-0.4, -0.2) is 7.05 Å². The van der Waals surface area contributed by atoms with Gasteiger partial charge in [-0.05, 0) is 40.4 Å². The third-order valence-corrected chi connectivity index (χ3v) is 4.64. The van der Waals surface area contributed by atoms with E-state index in [9.17, 15) is 4.39 Å². The molecule has 1 aromatic carbocycles. The van der Waals surface area contributed by atoms with E-state index in [1.807, 2.05) is 23.4 Å². The van der Waals surface area contributed by atoms with E-state index in [0.717, 1.165) is 0 Å². The average Bonchev–Trinajstić information content (AvgIpc) is 2.85. The number of rotatable bonds is 3. The fourth-order valence-corrected chi connectivity index (χ4v) is 2.97. The molecule has 2 nitrogen and oxygen atoms in total. The van der Waals surface area contributed by atoms with E-state index in [1.165, 1.54) is 10.9 Å². The topological polar surface area (TPSA) is 29.3 Å². The molecule has 0 bridgehead atoms. The van der Waals surface area contributed by atoms with E-state index < -0.39 is 0 Å². The zero-order valence-electron chi connectivity index (χ0n) is 10.2. The maximum atomic E-state index is 13.6. The summed E-state index contributed by atoms with van der Waals surface area (Å²) in [6.07, 6.45) is 0. The lowest BCUT2D eigenvalue weighted by molar-refractivity contribution is 0.619. The van der Waals surface area contributed by atoms with Gasteiger partial charge in [0.2, 0.25) is 0 Å². The van der Waals surface area contributed by atoms with Crippen LogP contribution in [-0.2, 0) is 0 Å². The van der Waals surface area contributed by atoms with Gasteiger partial charge in [0.05, 0.1) is 21.9 Å². The summed E-state index contributed by atoms with van der Waals surface area (Å²) in [6.45, 7) is 2.07. The summed E-state index contributed by atoms with van der Waals surface area (Å²) in [6, 6.07) is 7.30. The molecular formula is C13H14BrFN2S. The largest absolute Gasteiger partial charge is 0.397 e. The number of thiophene rings is 1. The highest BCUT2D eigenvalue weighted by Crippen LogP contribution is 2.34. The van der Waals surface area contributed by atoms with Crippen molar-refractivity contribution in [3.05, 3.63) is 44.8 Å². The van der Waals surface area contributed by atoms with Crippen LogP contribution in [0.4, 0.5) is 15.8 Å². The minimum absolute atomic E-state index is 0.160. The minimum Gasteiger partial charge on any atom is -0.397 e. The fraction of sp³-hybridized carbons (Fsp3) is 0.231. The molecule has 0 fully saturated rings. The molecule has 2 N–H and O–H groups in total. The highest BCUT2D eigenvalue weighted by molar-refractivity contribution is 9.10. The van der Waals surface area contributed by atoms with Crippen LogP contribution >= 0.6 is 27.3 Å². The molecular weight excluding hydrogens is 315 g/mol. The predicted molar refractivity (Wildman–Crippen MR) is 79.6 cm³/mol. The first-order valence-corrected chi connectivity index (χ1v) is 7.18. The lowest BCUT2D eigenvalue weighted by Crippen LogP contribution is -2.22. The van der Waals surface area contributed by atoms with Gasteiger partial charge in [-0.25, -0.2) is 4.39 Å².